The molecule has 1 unspecified atom stereocenters. The van der Waals surface area contributed by atoms with E-state index < -0.39 is 0 Å². The average molecular weight is 195 g/mol. The van der Waals surface area contributed by atoms with Gasteiger partial charge in [0.1, 0.15) is 5.76 Å². The van der Waals surface area contributed by atoms with Gasteiger partial charge in [-0.1, -0.05) is 5.16 Å². The summed E-state index contributed by atoms with van der Waals surface area (Å²) in [5, 5.41) is 3.69. The summed E-state index contributed by atoms with van der Waals surface area (Å²) < 4.78 is 5.11. The highest BCUT2D eigenvalue weighted by Crippen LogP contribution is 2.20. The van der Waals surface area contributed by atoms with Gasteiger partial charge in [-0.05, 0) is 32.4 Å². The molecule has 0 aromatic carbocycles. The van der Waals surface area contributed by atoms with Crippen molar-refractivity contribution in [2.24, 2.45) is 5.92 Å². The molecule has 4 nitrogen and oxygen atoms in total. The molecule has 0 aliphatic carbocycles. The van der Waals surface area contributed by atoms with Gasteiger partial charge in [-0.2, -0.15) is 0 Å². The van der Waals surface area contributed by atoms with E-state index in [1.807, 2.05) is 6.07 Å². The number of nitrogens with two attached hydrogens (primary N) is 1. The van der Waals surface area contributed by atoms with E-state index in [0.717, 1.165) is 18.7 Å². The van der Waals surface area contributed by atoms with Crippen molar-refractivity contribution in [1.82, 2.24) is 10.1 Å². The molecule has 1 atom stereocenters. The minimum atomic E-state index is 0.490. The fourth-order valence-corrected chi connectivity index (χ4v) is 2.15. The van der Waals surface area contributed by atoms with E-state index in [1.54, 1.807) is 0 Å². The van der Waals surface area contributed by atoms with E-state index in [0.29, 0.717) is 11.7 Å². The topological polar surface area (TPSA) is 55.3 Å². The largest absolute Gasteiger partial charge is 0.381 e. The Morgan fingerprint density at radius 1 is 1.71 bits per heavy atom. The Bertz CT molecular complexity index is 297. The lowest BCUT2D eigenvalue weighted by atomic mass is 9.94. The second-order valence-corrected chi connectivity index (χ2v) is 4.19. The van der Waals surface area contributed by atoms with Gasteiger partial charge in [0, 0.05) is 19.0 Å². The lowest BCUT2D eigenvalue weighted by molar-refractivity contribution is 0.200. The highest BCUT2D eigenvalue weighted by molar-refractivity contribution is 5.26. The molecule has 2 rings (SSSR count). The number of hydrogen-bond donors (Lipinski definition) is 1. The van der Waals surface area contributed by atoms with Crippen molar-refractivity contribution in [3.63, 3.8) is 0 Å². The molecule has 1 aromatic heterocycles. The molecule has 2 heterocycles. The summed E-state index contributed by atoms with van der Waals surface area (Å²) in [6.07, 6.45) is 3.53. The van der Waals surface area contributed by atoms with Gasteiger partial charge in [0.15, 0.2) is 5.82 Å². The maximum Gasteiger partial charge on any atom is 0.167 e. The highest BCUT2D eigenvalue weighted by Gasteiger charge is 2.18. The zero-order valence-corrected chi connectivity index (χ0v) is 8.57. The number of aromatic nitrogens is 1. The second-order valence-electron chi connectivity index (χ2n) is 4.19. The number of hydrogen-bond acceptors (Lipinski definition) is 4. The van der Waals surface area contributed by atoms with Crippen molar-refractivity contribution in [1.29, 1.82) is 0 Å². The quantitative estimate of drug-likeness (QED) is 0.769. The molecule has 0 bridgehead atoms. The van der Waals surface area contributed by atoms with Crippen LogP contribution in [0, 0.1) is 5.92 Å². The maximum absolute atomic E-state index is 5.50. The molecule has 14 heavy (non-hydrogen) atoms. The van der Waals surface area contributed by atoms with Crippen LogP contribution in [0.25, 0.3) is 0 Å². The molecular formula is C10H17N3O. The Hall–Kier alpha value is -1.03. The molecule has 2 N–H and O–H groups in total. The fourth-order valence-electron chi connectivity index (χ4n) is 2.15. The molecule has 1 aromatic rings. The molecule has 4 heteroatoms. The van der Waals surface area contributed by atoms with E-state index in [1.165, 1.54) is 19.4 Å². The first-order chi connectivity index (χ1) is 6.74. The first kappa shape index (κ1) is 9.52. The first-order valence-corrected chi connectivity index (χ1v) is 5.13. The summed E-state index contributed by atoms with van der Waals surface area (Å²) >= 11 is 0. The predicted molar refractivity (Wildman–Crippen MR) is 54.8 cm³/mol. The minimum Gasteiger partial charge on any atom is -0.381 e. The van der Waals surface area contributed by atoms with Crippen LogP contribution in [0.4, 0.5) is 5.82 Å². The Labute approximate surface area is 84.0 Å². The monoisotopic (exact) mass is 195 g/mol. The van der Waals surface area contributed by atoms with Gasteiger partial charge in [-0.15, -0.1) is 0 Å². The predicted octanol–water partition coefficient (Wildman–Crippen LogP) is 1.14. The molecule has 0 saturated carbocycles. The smallest absolute Gasteiger partial charge is 0.167 e. The third-order valence-corrected chi connectivity index (χ3v) is 2.79. The van der Waals surface area contributed by atoms with Crippen molar-refractivity contribution < 1.29 is 4.52 Å². The van der Waals surface area contributed by atoms with E-state index >= 15 is 0 Å². The third-order valence-electron chi connectivity index (χ3n) is 2.79. The summed E-state index contributed by atoms with van der Waals surface area (Å²) in [7, 11) is 2.17. The van der Waals surface area contributed by atoms with Crippen LogP contribution in [0.3, 0.4) is 0 Å². The molecule has 0 amide bonds. The third kappa shape index (κ3) is 2.26. The van der Waals surface area contributed by atoms with Crippen LogP contribution >= 0.6 is 0 Å². The molecule has 78 valence electrons. The molecule has 1 fully saturated rings. The van der Waals surface area contributed by atoms with Gasteiger partial charge >= 0.3 is 0 Å². The van der Waals surface area contributed by atoms with Crippen molar-refractivity contribution in [3.05, 3.63) is 11.8 Å². The van der Waals surface area contributed by atoms with Crippen LogP contribution in [-0.2, 0) is 6.42 Å². The van der Waals surface area contributed by atoms with Crippen LogP contribution in [0.15, 0.2) is 10.6 Å². The Morgan fingerprint density at radius 3 is 3.21 bits per heavy atom. The van der Waals surface area contributed by atoms with Crippen molar-refractivity contribution in [3.8, 4) is 0 Å². The van der Waals surface area contributed by atoms with E-state index in [2.05, 4.69) is 17.1 Å². The summed E-state index contributed by atoms with van der Waals surface area (Å²) in [4.78, 5) is 2.37. The SMILES string of the molecule is CN1CCCC(Cc2cc(N)no2)C1. The first-order valence-electron chi connectivity index (χ1n) is 5.13. The van der Waals surface area contributed by atoms with Gasteiger partial charge in [0.2, 0.25) is 0 Å². The Balaban J connectivity index is 1.90. The van der Waals surface area contributed by atoms with E-state index in [-0.39, 0.29) is 0 Å². The zero-order valence-electron chi connectivity index (χ0n) is 8.57. The van der Waals surface area contributed by atoms with Gasteiger partial charge in [0.05, 0.1) is 0 Å². The van der Waals surface area contributed by atoms with Crippen molar-refractivity contribution in [2.45, 2.75) is 19.3 Å². The molecule has 0 spiro atoms. The normalized spacial score (nSPS) is 23.9. The van der Waals surface area contributed by atoms with Gasteiger partial charge in [-0.25, -0.2) is 0 Å². The lowest BCUT2D eigenvalue weighted by Gasteiger charge is -2.28. The van der Waals surface area contributed by atoms with Crippen LogP contribution in [0.5, 0.6) is 0 Å². The van der Waals surface area contributed by atoms with Crippen molar-refractivity contribution in [2.75, 3.05) is 25.9 Å². The van der Waals surface area contributed by atoms with Crippen LogP contribution in [0.2, 0.25) is 0 Å². The van der Waals surface area contributed by atoms with Gasteiger partial charge < -0.3 is 15.2 Å². The number of anilines is 1. The minimum absolute atomic E-state index is 0.490. The Kier molecular flexibility index (Phi) is 2.72. The molecule has 1 saturated heterocycles. The fraction of sp³-hybridized carbons (Fsp3) is 0.700. The molecule has 0 radical (unpaired) electrons. The van der Waals surface area contributed by atoms with Crippen LogP contribution < -0.4 is 5.73 Å². The van der Waals surface area contributed by atoms with Crippen LogP contribution in [-0.4, -0.2) is 30.2 Å². The summed E-state index contributed by atoms with van der Waals surface area (Å²) in [6.45, 7) is 2.37. The summed E-state index contributed by atoms with van der Waals surface area (Å²) in [5.41, 5.74) is 5.50. The van der Waals surface area contributed by atoms with Crippen LogP contribution in [0.1, 0.15) is 18.6 Å². The van der Waals surface area contributed by atoms with Crippen molar-refractivity contribution >= 4 is 5.82 Å². The summed E-state index contributed by atoms with van der Waals surface area (Å²) in [6, 6.07) is 1.83. The molecule has 1 aliphatic rings. The van der Waals surface area contributed by atoms with Gasteiger partial charge in [-0.3, -0.25) is 0 Å². The zero-order chi connectivity index (χ0) is 9.97. The van der Waals surface area contributed by atoms with E-state index in [9.17, 15) is 0 Å². The summed E-state index contributed by atoms with van der Waals surface area (Å²) in [5.74, 6) is 2.10. The second kappa shape index (κ2) is 4.00. The van der Waals surface area contributed by atoms with E-state index in [4.69, 9.17) is 10.3 Å². The Morgan fingerprint density at radius 2 is 2.57 bits per heavy atom. The van der Waals surface area contributed by atoms with Gasteiger partial charge in [0.25, 0.3) is 0 Å². The number of nitrogen functional groups attached to an aromatic ring is 1. The molecular weight excluding hydrogens is 178 g/mol. The number of piperidine rings is 1. The number of likely N-dealkylation sites (tertiary alicyclic amines) is 1. The number of rotatable bonds is 2. The maximum atomic E-state index is 5.50. The number of nitrogens with zero attached hydrogens (tertiary/aromatic N) is 2. The molecule has 1 aliphatic heterocycles. The highest BCUT2D eigenvalue weighted by atomic mass is 16.5. The lowest BCUT2D eigenvalue weighted by Crippen LogP contribution is -2.32. The average Bonchev–Trinajstić information content (AvgIpc) is 2.51. The standard InChI is InChI=1S/C10H17N3O/c1-13-4-2-3-8(7-13)5-9-6-10(11)12-14-9/h6,8H,2-5,7H2,1H3,(H2,11,12).